The molecule has 0 aromatic heterocycles. The molecule has 0 heterocycles. The van der Waals surface area contributed by atoms with Crippen molar-refractivity contribution in [2.75, 3.05) is 6.54 Å². The van der Waals surface area contributed by atoms with E-state index in [0.29, 0.717) is 25.7 Å². The van der Waals surface area contributed by atoms with Crippen molar-refractivity contribution < 1.29 is 24.2 Å². The monoisotopic (exact) mass is 613 g/mol. The SMILES string of the molecule is CC/C=C\C/C=C\C/C=C\C/C=C\C/C=C\C(CCCCC(=O)NCC(=O)O)OC(=O)CCCCCCCCCCCCC. The van der Waals surface area contributed by atoms with Gasteiger partial charge >= 0.3 is 11.9 Å². The maximum atomic E-state index is 12.5. The van der Waals surface area contributed by atoms with Crippen LogP contribution in [0.1, 0.15) is 149 Å². The van der Waals surface area contributed by atoms with Gasteiger partial charge < -0.3 is 15.2 Å². The van der Waals surface area contributed by atoms with E-state index < -0.39 is 5.97 Å². The zero-order valence-electron chi connectivity index (χ0n) is 28.0. The van der Waals surface area contributed by atoms with Gasteiger partial charge in [0.05, 0.1) is 0 Å². The minimum Gasteiger partial charge on any atom is -0.480 e. The predicted octanol–water partition coefficient (Wildman–Crippen LogP) is 10.1. The fourth-order valence-electron chi connectivity index (χ4n) is 4.63. The lowest BCUT2D eigenvalue weighted by Crippen LogP contribution is -2.28. The summed E-state index contributed by atoms with van der Waals surface area (Å²) in [5.41, 5.74) is 0. The number of carbonyl (C=O) groups is 3. The molecule has 0 bridgehead atoms. The number of ether oxygens (including phenoxy) is 1. The van der Waals surface area contributed by atoms with Gasteiger partial charge in [0.25, 0.3) is 0 Å². The lowest BCUT2D eigenvalue weighted by Gasteiger charge is -2.14. The zero-order valence-corrected chi connectivity index (χ0v) is 28.0. The Balaban J connectivity index is 4.41. The molecule has 0 aliphatic heterocycles. The van der Waals surface area contributed by atoms with Gasteiger partial charge in [-0.3, -0.25) is 14.4 Å². The first-order valence-corrected chi connectivity index (χ1v) is 17.4. The predicted molar refractivity (Wildman–Crippen MR) is 185 cm³/mol. The third-order valence-electron chi connectivity index (χ3n) is 7.19. The lowest BCUT2D eigenvalue weighted by atomic mass is 10.1. The summed E-state index contributed by atoms with van der Waals surface area (Å²) in [6, 6.07) is 0. The highest BCUT2D eigenvalue weighted by atomic mass is 16.5. The fourth-order valence-corrected chi connectivity index (χ4v) is 4.63. The molecule has 6 heteroatoms. The minimum absolute atomic E-state index is 0.161. The molecule has 0 aliphatic rings. The van der Waals surface area contributed by atoms with E-state index in [9.17, 15) is 14.4 Å². The Labute approximate surface area is 269 Å². The maximum Gasteiger partial charge on any atom is 0.322 e. The molecule has 2 N–H and O–H groups in total. The largest absolute Gasteiger partial charge is 0.480 e. The van der Waals surface area contributed by atoms with Gasteiger partial charge in [-0.2, -0.15) is 0 Å². The van der Waals surface area contributed by atoms with Crippen LogP contribution in [0.4, 0.5) is 0 Å². The first kappa shape index (κ1) is 41.1. The van der Waals surface area contributed by atoms with E-state index in [1.165, 1.54) is 57.8 Å². The summed E-state index contributed by atoms with van der Waals surface area (Å²) in [7, 11) is 0. The Morgan fingerprint density at radius 1 is 0.614 bits per heavy atom. The normalized spacial score (nSPS) is 12.8. The van der Waals surface area contributed by atoms with E-state index in [1.54, 1.807) is 0 Å². The number of carboxylic acids is 1. The molecule has 1 atom stereocenters. The van der Waals surface area contributed by atoms with Crippen LogP contribution in [0.15, 0.2) is 60.8 Å². The number of hydrogen-bond donors (Lipinski definition) is 2. The number of carbonyl (C=O) groups excluding carboxylic acids is 2. The van der Waals surface area contributed by atoms with Crippen LogP contribution in [0.25, 0.3) is 0 Å². The van der Waals surface area contributed by atoms with E-state index in [4.69, 9.17) is 9.84 Å². The molecular weight excluding hydrogens is 550 g/mol. The number of amides is 1. The highest BCUT2D eigenvalue weighted by molar-refractivity contribution is 5.80. The molecule has 250 valence electrons. The van der Waals surface area contributed by atoms with Gasteiger partial charge in [0.2, 0.25) is 5.91 Å². The highest BCUT2D eigenvalue weighted by Gasteiger charge is 2.12. The average molecular weight is 614 g/mol. The van der Waals surface area contributed by atoms with Crippen LogP contribution in [0.2, 0.25) is 0 Å². The van der Waals surface area contributed by atoms with Crippen LogP contribution in [0.5, 0.6) is 0 Å². The van der Waals surface area contributed by atoms with Crippen LogP contribution >= 0.6 is 0 Å². The number of esters is 1. The molecule has 0 aliphatic carbocycles. The Morgan fingerprint density at radius 2 is 1.09 bits per heavy atom. The van der Waals surface area contributed by atoms with Gasteiger partial charge in [0.1, 0.15) is 12.6 Å². The molecule has 0 aromatic rings. The van der Waals surface area contributed by atoms with Crippen molar-refractivity contribution in [2.45, 2.75) is 155 Å². The van der Waals surface area contributed by atoms with Crippen molar-refractivity contribution in [3.05, 3.63) is 60.8 Å². The standard InChI is InChI=1S/C38H63NO5/c1-3-5-7-9-11-13-15-16-17-19-20-22-24-26-30-35(31-28-29-32-36(40)39-34-37(41)42)44-38(43)33-27-25-23-21-18-14-12-10-8-6-4-2/h5,7,11,13,16-17,20,22,26,30,35H,3-4,6,8-10,12,14-15,18-19,21,23-25,27-29,31-34H2,1-2H3,(H,39,40)(H,41,42)/b7-5-,13-11-,17-16-,22-20-,30-26-. The molecule has 6 nitrogen and oxygen atoms in total. The Kier molecular flexibility index (Phi) is 30.8. The fraction of sp³-hybridized carbons (Fsp3) is 0.658. The number of carboxylic acid groups (broad SMARTS) is 1. The lowest BCUT2D eigenvalue weighted by molar-refractivity contribution is -0.147. The summed E-state index contributed by atoms with van der Waals surface area (Å²) in [5.74, 6) is -1.49. The number of rotatable bonds is 30. The number of aliphatic carboxylic acids is 1. The van der Waals surface area contributed by atoms with Crippen LogP contribution in [-0.4, -0.2) is 35.6 Å². The van der Waals surface area contributed by atoms with E-state index in [-0.39, 0.29) is 30.9 Å². The van der Waals surface area contributed by atoms with Gasteiger partial charge in [-0.25, -0.2) is 0 Å². The van der Waals surface area contributed by atoms with E-state index in [2.05, 4.69) is 67.8 Å². The molecule has 0 spiro atoms. The average Bonchev–Trinajstić information content (AvgIpc) is 3.00. The summed E-state index contributed by atoms with van der Waals surface area (Å²) in [4.78, 5) is 34.9. The first-order chi connectivity index (χ1) is 21.5. The second-order valence-electron chi connectivity index (χ2n) is 11.4. The topological polar surface area (TPSA) is 92.7 Å². The summed E-state index contributed by atoms with van der Waals surface area (Å²) >= 11 is 0. The third-order valence-corrected chi connectivity index (χ3v) is 7.19. The maximum absolute atomic E-state index is 12.5. The first-order valence-electron chi connectivity index (χ1n) is 17.4. The summed E-state index contributed by atoms with van der Waals surface area (Å²) in [6.45, 7) is 4.02. The van der Waals surface area contributed by atoms with Crippen molar-refractivity contribution in [1.82, 2.24) is 5.32 Å². The van der Waals surface area contributed by atoms with Gasteiger partial charge in [0, 0.05) is 12.8 Å². The quantitative estimate of drug-likeness (QED) is 0.0478. The second-order valence-corrected chi connectivity index (χ2v) is 11.4. The molecule has 0 rings (SSSR count). The van der Waals surface area contributed by atoms with Crippen molar-refractivity contribution in [2.24, 2.45) is 0 Å². The molecule has 44 heavy (non-hydrogen) atoms. The molecule has 1 unspecified atom stereocenters. The molecule has 0 saturated carbocycles. The Hall–Kier alpha value is -2.89. The van der Waals surface area contributed by atoms with Crippen molar-refractivity contribution >= 4 is 17.8 Å². The van der Waals surface area contributed by atoms with Gasteiger partial charge in [-0.05, 0) is 63.9 Å². The summed E-state index contributed by atoms with van der Waals surface area (Å²) in [6.07, 6.45) is 42.0. The van der Waals surface area contributed by atoms with Crippen LogP contribution < -0.4 is 5.32 Å². The van der Waals surface area contributed by atoms with Crippen LogP contribution in [0.3, 0.4) is 0 Å². The van der Waals surface area contributed by atoms with Crippen LogP contribution in [-0.2, 0) is 19.1 Å². The second kappa shape index (κ2) is 33.0. The van der Waals surface area contributed by atoms with Gasteiger partial charge in [-0.15, -0.1) is 0 Å². The molecule has 0 aromatic carbocycles. The van der Waals surface area contributed by atoms with E-state index >= 15 is 0 Å². The Bertz CT molecular complexity index is 855. The molecule has 1 amide bonds. The van der Waals surface area contributed by atoms with Crippen molar-refractivity contribution in [3.63, 3.8) is 0 Å². The summed E-state index contributed by atoms with van der Waals surface area (Å²) < 4.78 is 5.79. The molecule has 0 saturated heterocycles. The smallest absolute Gasteiger partial charge is 0.322 e. The molecule has 0 radical (unpaired) electrons. The van der Waals surface area contributed by atoms with Gasteiger partial charge in [0.15, 0.2) is 0 Å². The van der Waals surface area contributed by atoms with Crippen molar-refractivity contribution in [1.29, 1.82) is 0 Å². The van der Waals surface area contributed by atoms with Crippen LogP contribution in [0, 0.1) is 0 Å². The van der Waals surface area contributed by atoms with E-state index in [0.717, 1.165) is 44.9 Å². The number of nitrogens with one attached hydrogen (secondary N) is 1. The zero-order chi connectivity index (χ0) is 32.4. The number of unbranched alkanes of at least 4 members (excludes halogenated alkanes) is 11. The van der Waals surface area contributed by atoms with Gasteiger partial charge in [-0.1, -0.05) is 133 Å². The third kappa shape index (κ3) is 32.0. The molecular formula is C38H63NO5. The summed E-state index contributed by atoms with van der Waals surface area (Å²) in [5, 5.41) is 11.1. The highest BCUT2D eigenvalue weighted by Crippen LogP contribution is 2.14. The van der Waals surface area contributed by atoms with E-state index in [1.807, 2.05) is 12.2 Å². The molecule has 0 fully saturated rings. The Morgan fingerprint density at radius 3 is 1.61 bits per heavy atom. The van der Waals surface area contributed by atoms with Crippen molar-refractivity contribution in [3.8, 4) is 0 Å². The minimum atomic E-state index is -1.05. The number of hydrogen-bond acceptors (Lipinski definition) is 4. The number of allylic oxidation sites excluding steroid dienone is 9.